The summed E-state index contributed by atoms with van der Waals surface area (Å²) in [4.78, 5) is 15.9. The number of ether oxygens (including phenoxy) is 2. The molecule has 0 saturated heterocycles. The fourth-order valence-corrected chi connectivity index (χ4v) is 2.17. The Morgan fingerprint density at radius 1 is 0.958 bits per heavy atom. The van der Waals surface area contributed by atoms with Crippen molar-refractivity contribution in [1.29, 1.82) is 0 Å². The number of esters is 1. The van der Waals surface area contributed by atoms with Crippen LogP contribution in [-0.4, -0.2) is 11.0 Å². The van der Waals surface area contributed by atoms with Gasteiger partial charge in [-0.2, -0.15) is 0 Å². The summed E-state index contributed by atoms with van der Waals surface area (Å²) in [5, 5.41) is 0.327. The fraction of sp³-hybridized carbons (Fsp3) is 0.0526. The van der Waals surface area contributed by atoms with Crippen molar-refractivity contribution in [3.05, 3.63) is 89.2 Å². The summed E-state index contributed by atoms with van der Waals surface area (Å²) < 4.78 is 11.2. The standard InChI is InChI=1S/C19H14ClNO3/c20-18-11-10-14(12-21-18)19(22)23-13-15-6-4-5-9-17(15)24-16-7-2-1-3-8-16/h1-12H,13H2. The zero-order chi connectivity index (χ0) is 16.8. The number of halogens is 1. The number of nitrogens with zero attached hydrogens (tertiary/aromatic N) is 1. The third kappa shape index (κ3) is 4.12. The van der Waals surface area contributed by atoms with E-state index >= 15 is 0 Å². The van der Waals surface area contributed by atoms with E-state index in [4.69, 9.17) is 21.1 Å². The first-order valence-corrected chi connectivity index (χ1v) is 7.69. The molecule has 1 heterocycles. The van der Waals surface area contributed by atoms with Gasteiger partial charge in [-0.3, -0.25) is 0 Å². The molecule has 2 aromatic carbocycles. The van der Waals surface area contributed by atoms with Gasteiger partial charge in [-0.05, 0) is 30.3 Å². The summed E-state index contributed by atoms with van der Waals surface area (Å²) in [5.74, 6) is 0.901. The van der Waals surface area contributed by atoms with E-state index in [-0.39, 0.29) is 6.61 Å². The first-order valence-electron chi connectivity index (χ1n) is 7.32. The molecule has 5 heteroatoms. The average molecular weight is 340 g/mol. The second kappa shape index (κ2) is 7.62. The number of hydrogen-bond acceptors (Lipinski definition) is 4. The second-order valence-electron chi connectivity index (χ2n) is 4.97. The van der Waals surface area contributed by atoms with Gasteiger partial charge in [0.25, 0.3) is 0 Å². The van der Waals surface area contributed by atoms with Crippen LogP contribution in [0.3, 0.4) is 0 Å². The lowest BCUT2D eigenvalue weighted by atomic mass is 10.2. The van der Waals surface area contributed by atoms with Gasteiger partial charge >= 0.3 is 5.97 Å². The van der Waals surface area contributed by atoms with E-state index in [1.54, 1.807) is 12.1 Å². The highest BCUT2D eigenvalue weighted by atomic mass is 35.5. The van der Waals surface area contributed by atoms with Gasteiger partial charge in [0.15, 0.2) is 0 Å². The summed E-state index contributed by atoms with van der Waals surface area (Å²) >= 11 is 5.71. The Balaban J connectivity index is 1.69. The molecule has 0 amide bonds. The Morgan fingerprint density at radius 3 is 2.46 bits per heavy atom. The Kier molecular flexibility index (Phi) is 5.08. The van der Waals surface area contributed by atoms with Crippen molar-refractivity contribution in [2.24, 2.45) is 0 Å². The van der Waals surface area contributed by atoms with Gasteiger partial charge in [0.05, 0.1) is 5.56 Å². The van der Waals surface area contributed by atoms with E-state index in [0.717, 1.165) is 11.3 Å². The average Bonchev–Trinajstić information content (AvgIpc) is 2.62. The minimum Gasteiger partial charge on any atom is -0.457 e. The minimum absolute atomic E-state index is 0.102. The van der Waals surface area contributed by atoms with Gasteiger partial charge in [-0.15, -0.1) is 0 Å². The van der Waals surface area contributed by atoms with Crippen LogP contribution in [0.25, 0.3) is 0 Å². The Labute approximate surface area is 144 Å². The molecule has 120 valence electrons. The molecule has 0 aliphatic heterocycles. The third-order valence-corrected chi connectivity index (χ3v) is 3.49. The predicted octanol–water partition coefficient (Wildman–Crippen LogP) is 4.88. The SMILES string of the molecule is O=C(OCc1ccccc1Oc1ccccc1)c1ccc(Cl)nc1. The van der Waals surface area contributed by atoms with E-state index in [9.17, 15) is 4.79 Å². The molecule has 1 aromatic heterocycles. The highest BCUT2D eigenvalue weighted by Crippen LogP contribution is 2.25. The number of aromatic nitrogens is 1. The van der Waals surface area contributed by atoms with Crippen LogP contribution in [0.5, 0.6) is 11.5 Å². The van der Waals surface area contributed by atoms with Gasteiger partial charge < -0.3 is 9.47 Å². The molecule has 0 saturated carbocycles. The molecule has 0 spiro atoms. The smallest absolute Gasteiger partial charge is 0.340 e. The number of carbonyl (C=O) groups is 1. The van der Waals surface area contributed by atoms with E-state index < -0.39 is 5.97 Å². The Hall–Kier alpha value is -2.85. The highest BCUT2D eigenvalue weighted by molar-refractivity contribution is 6.29. The van der Waals surface area contributed by atoms with Crippen LogP contribution in [0.1, 0.15) is 15.9 Å². The van der Waals surface area contributed by atoms with Crippen LogP contribution in [0.4, 0.5) is 0 Å². The van der Waals surface area contributed by atoms with Crippen molar-refractivity contribution in [2.75, 3.05) is 0 Å². The summed E-state index contributed by atoms with van der Waals surface area (Å²) in [6, 6.07) is 20.0. The van der Waals surface area contributed by atoms with Gasteiger partial charge in [-0.1, -0.05) is 48.0 Å². The van der Waals surface area contributed by atoms with Crippen LogP contribution in [0.15, 0.2) is 72.9 Å². The summed E-state index contributed by atoms with van der Waals surface area (Å²) in [7, 11) is 0. The van der Waals surface area contributed by atoms with Crippen LogP contribution < -0.4 is 4.74 Å². The number of pyridine rings is 1. The second-order valence-corrected chi connectivity index (χ2v) is 5.36. The molecule has 3 rings (SSSR count). The van der Waals surface area contributed by atoms with Gasteiger partial charge in [0.1, 0.15) is 23.3 Å². The first-order chi connectivity index (χ1) is 11.7. The maximum Gasteiger partial charge on any atom is 0.340 e. The zero-order valence-corrected chi connectivity index (χ0v) is 13.4. The van der Waals surface area contributed by atoms with Crippen LogP contribution in [-0.2, 0) is 11.3 Å². The van der Waals surface area contributed by atoms with Gasteiger partial charge in [-0.25, -0.2) is 9.78 Å². The van der Waals surface area contributed by atoms with Crippen molar-refractivity contribution in [3.63, 3.8) is 0 Å². The number of benzene rings is 2. The summed E-state index contributed by atoms with van der Waals surface area (Å²) in [6.07, 6.45) is 1.39. The third-order valence-electron chi connectivity index (χ3n) is 3.27. The first kappa shape index (κ1) is 16.0. The lowest BCUT2D eigenvalue weighted by Gasteiger charge is -2.11. The Morgan fingerprint density at radius 2 is 1.71 bits per heavy atom. The van der Waals surface area contributed by atoms with Crippen LogP contribution in [0, 0.1) is 0 Å². The Bertz CT molecular complexity index is 820. The zero-order valence-electron chi connectivity index (χ0n) is 12.7. The number of para-hydroxylation sites is 2. The topological polar surface area (TPSA) is 48.4 Å². The number of rotatable bonds is 5. The molecule has 0 aliphatic carbocycles. The number of carbonyl (C=O) groups excluding carboxylic acids is 1. The largest absolute Gasteiger partial charge is 0.457 e. The van der Waals surface area contributed by atoms with Crippen molar-refractivity contribution in [3.8, 4) is 11.5 Å². The monoisotopic (exact) mass is 339 g/mol. The quantitative estimate of drug-likeness (QED) is 0.491. The molecule has 0 N–H and O–H groups in total. The van der Waals surface area contributed by atoms with E-state index in [2.05, 4.69) is 4.98 Å². The van der Waals surface area contributed by atoms with Crippen molar-refractivity contribution in [1.82, 2.24) is 4.98 Å². The lowest BCUT2D eigenvalue weighted by molar-refractivity contribution is 0.0470. The fourth-order valence-electron chi connectivity index (χ4n) is 2.06. The van der Waals surface area contributed by atoms with Crippen LogP contribution in [0.2, 0.25) is 5.15 Å². The maximum atomic E-state index is 12.1. The molecule has 0 radical (unpaired) electrons. The van der Waals surface area contributed by atoms with Gasteiger partial charge in [0.2, 0.25) is 0 Å². The molecule has 0 fully saturated rings. The highest BCUT2D eigenvalue weighted by Gasteiger charge is 2.10. The minimum atomic E-state index is -0.464. The summed E-state index contributed by atoms with van der Waals surface area (Å²) in [6.45, 7) is 0.102. The molecule has 0 atom stereocenters. The van der Waals surface area contributed by atoms with Crippen LogP contribution >= 0.6 is 11.6 Å². The van der Waals surface area contributed by atoms with Crippen molar-refractivity contribution < 1.29 is 14.3 Å². The lowest BCUT2D eigenvalue weighted by Crippen LogP contribution is -2.06. The summed E-state index contributed by atoms with van der Waals surface area (Å²) in [5.41, 5.74) is 1.12. The molecule has 24 heavy (non-hydrogen) atoms. The number of hydrogen-bond donors (Lipinski definition) is 0. The molecule has 4 nitrogen and oxygen atoms in total. The van der Waals surface area contributed by atoms with E-state index in [0.29, 0.717) is 16.5 Å². The molecule has 0 bridgehead atoms. The van der Waals surface area contributed by atoms with E-state index in [1.807, 2.05) is 54.6 Å². The van der Waals surface area contributed by atoms with Crippen molar-refractivity contribution >= 4 is 17.6 Å². The molecule has 3 aromatic rings. The molecule has 0 unspecified atom stereocenters. The molecule has 0 aliphatic rings. The van der Waals surface area contributed by atoms with E-state index in [1.165, 1.54) is 6.20 Å². The maximum absolute atomic E-state index is 12.1. The van der Waals surface area contributed by atoms with Crippen molar-refractivity contribution in [2.45, 2.75) is 6.61 Å². The normalized spacial score (nSPS) is 10.2. The molecular weight excluding hydrogens is 326 g/mol. The van der Waals surface area contributed by atoms with Gasteiger partial charge in [0, 0.05) is 11.8 Å². The predicted molar refractivity (Wildman–Crippen MR) is 91.3 cm³/mol. The molecular formula is C19H14ClNO3.